The van der Waals surface area contributed by atoms with E-state index in [1.54, 1.807) is 24.3 Å². The number of benzene rings is 2. The number of ether oxygens (including phenoxy) is 1. The molecule has 0 saturated heterocycles. The van der Waals surface area contributed by atoms with Crippen LogP contribution in [0.25, 0.3) is 11.4 Å². The molecule has 0 fully saturated rings. The maximum atomic E-state index is 13.5. The average Bonchev–Trinajstić information content (AvgIpc) is 3.19. The van der Waals surface area contributed by atoms with Gasteiger partial charge in [-0.2, -0.15) is 5.10 Å². The normalized spacial score (nSPS) is 12.2. The van der Waals surface area contributed by atoms with Gasteiger partial charge < -0.3 is 9.84 Å². The largest absolute Gasteiger partial charge is 0.478 e. The van der Waals surface area contributed by atoms with Gasteiger partial charge in [-0.05, 0) is 58.2 Å². The van der Waals surface area contributed by atoms with Gasteiger partial charge in [-0.25, -0.2) is 23.2 Å². The van der Waals surface area contributed by atoms with Crippen LogP contribution in [0.1, 0.15) is 64.0 Å². The Bertz CT molecular complexity index is 1120. The quantitative estimate of drug-likeness (QED) is 0.389. The fraction of sp³-hybridized carbons (Fsp3) is 0.423. The van der Waals surface area contributed by atoms with E-state index in [0.717, 1.165) is 31.2 Å². The van der Waals surface area contributed by atoms with E-state index in [4.69, 9.17) is 4.74 Å². The molecule has 0 aliphatic rings. The monoisotopic (exact) mass is 471 g/mol. The first-order chi connectivity index (χ1) is 15.9. The fourth-order valence-corrected chi connectivity index (χ4v) is 3.49. The van der Waals surface area contributed by atoms with Crippen LogP contribution in [-0.4, -0.2) is 31.4 Å². The number of aromatic nitrogens is 3. The molecule has 3 rings (SSSR count). The topological polar surface area (TPSA) is 77.2 Å². The zero-order valence-electron chi connectivity index (χ0n) is 20.2. The molecule has 34 heavy (non-hydrogen) atoms. The number of aliphatic carboxylic acids is 1. The number of alkyl halides is 2. The Kier molecular flexibility index (Phi) is 7.38. The third-order valence-corrected chi connectivity index (χ3v) is 5.52. The summed E-state index contributed by atoms with van der Waals surface area (Å²) in [6.45, 7) is 7.95. The van der Waals surface area contributed by atoms with Gasteiger partial charge in [-0.3, -0.25) is 0 Å². The van der Waals surface area contributed by atoms with Gasteiger partial charge in [0.1, 0.15) is 11.6 Å². The molecule has 1 heterocycles. The molecule has 182 valence electrons. The van der Waals surface area contributed by atoms with Crippen LogP contribution in [0.15, 0.2) is 48.5 Å². The molecule has 1 aromatic heterocycles. The molecular weight excluding hydrogens is 440 g/mol. The summed E-state index contributed by atoms with van der Waals surface area (Å²) in [7, 11) is 0. The lowest BCUT2D eigenvalue weighted by Crippen LogP contribution is -2.37. The minimum absolute atomic E-state index is 0.0392. The Morgan fingerprint density at radius 3 is 2.18 bits per heavy atom. The summed E-state index contributed by atoms with van der Waals surface area (Å²) >= 11 is 0. The molecule has 0 bridgehead atoms. The Morgan fingerprint density at radius 2 is 1.65 bits per heavy atom. The van der Waals surface area contributed by atoms with Crippen LogP contribution in [0.5, 0.6) is 5.75 Å². The Morgan fingerprint density at radius 1 is 1.03 bits per heavy atom. The van der Waals surface area contributed by atoms with Gasteiger partial charge in [0.05, 0.1) is 0 Å². The fourth-order valence-electron chi connectivity index (χ4n) is 3.49. The zero-order valence-corrected chi connectivity index (χ0v) is 20.2. The van der Waals surface area contributed by atoms with E-state index in [1.165, 1.54) is 26.0 Å². The van der Waals surface area contributed by atoms with Crippen LogP contribution in [0, 0.1) is 0 Å². The predicted molar refractivity (Wildman–Crippen MR) is 126 cm³/mol. The molecule has 0 amide bonds. The number of carboxylic acids is 1. The van der Waals surface area contributed by atoms with Crippen LogP contribution in [0.3, 0.4) is 0 Å². The van der Waals surface area contributed by atoms with Gasteiger partial charge in [0.2, 0.25) is 0 Å². The van der Waals surface area contributed by atoms with E-state index < -0.39 is 17.5 Å². The second-order valence-corrected chi connectivity index (χ2v) is 9.27. The van der Waals surface area contributed by atoms with Gasteiger partial charge in [-0.1, -0.05) is 36.4 Å². The lowest BCUT2D eigenvalue weighted by molar-refractivity contribution is -0.152. The molecule has 0 aliphatic carbocycles. The second-order valence-electron chi connectivity index (χ2n) is 9.27. The van der Waals surface area contributed by atoms with Crippen molar-refractivity contribution in [2.24, 2.45) is 0 Å². The number of hydrogen-bond donors (Lipinski definition) is 1. The zero-order chi connectivity index (χ0) is 25.1. The van der Waals surface area contributed by atoms with Gasteiger partial charge >= 0.3 is 5.97 Å². The lowest BCUT2D eigenvalue weighted by Gasteiger charge is -2.21. The third kappa shape index (κ3) is 6.18. The van der Waals surface area contributed by atoms with E-state index >= 15 is 0 Å². The molecule has 6 nitrogen and oxygen atoms in total. The molecule has 0 atom stereocenters. The molecule has 0 unspecified atom stereocenters. The molecule has 0 spiro atoms. The molecule has 8 heteroatoms. The summed E-state index contributed by atoms with van der Waals surface area (Å²) in [5.41, 5.74) is 0.473. The number of halogens is 2. The van der Waals surface area contributed by atoms with Crippen molar-refractivity contribution in [1.82, 2.24) is 14.8 Å². The van der Waals surface area contributed by atoms with Crippen LogP contribution in [0.4, 0.5) is 8.78 Å². The van der Waals surface area contributed by atoms with Crippen molar-refractivity contribution in [1.29, 1.82) is 0 Å². The van der Waals surface area contributed by atoms with Gasteiger partial charge in [0.15, 0.2) is 11.4 Å². The third-order valence-electron chi connectivity index (χ3n) is 5.52. The molecule has 2 aromatic carbocycles. The van der Waals surface area contributed by atoms with Crippen molar-refractivity contribution in [3.8, 4) is 17.1 Å². The van der Waals surface area contributed by atoms with Crippen molar-refractivity contribution in [3.05, 3.63) is 65.5 Å². The van der Waals surface area contributed by atoms with E-state index in [9.17, 15) is 18.7 Å². The summed E-state index contributed by atoms with van der Waals surface area (Å²) in [5.74, 6) is -2.03. The summed E-state index contributed by atoms with van der Waals surface area (Å²) in [6.07, 6.45) is 2.36. The standard InChI is InChI=1S/C26H31F2N3O3/c1-17(2)31-22(29-23(30-31)19-11-13-20(14-12-19)26(5,27)28)8-6-7-18-9-15-21(16-10-18)34-25(3,4)24(32)33/h9-17H,6-8H2,1-5H3,(H,32,33). The molecular formula is C26H31F2N3O3. The maximum absolute atomic E-state index is 13.5. The number of rotatable bonds is 10. The van der Waals surface area contributed by atoms with Crippen molar-refractivity contribution in [2.75, 3.05) is 0 Å². The highest BCUT2D eigenvalue weighted by molar-refractivity contribution is 5.76. The highest BCUT2D eigenvalue weighted by Crippen LogP contribution is 2.29. The van der Waals surface area contributed by atoms with Crippen molar-refractivity contribution in [3.63, 3.8) is 0 Å². The Labute approximate surface area is 198 Å². The van der Waals surface area contributed by atoms with Gasteiger partial charge in [-0.15, -0.1) is 0 Å². The molecule has 1 N–H and O–H groups in total. The van der Waals surface area contributed by atoms with E-state index in [0.29, 0.717) is 23.6 Å². The smallest absolute Gasteiger partial charge is 0.347 e. The van der Waals surface area contributed by atoms with Crippen molar-refractivity contribution >= 4 is 5.97 Å². The number of nitrogens with zero attached hydrogens (tertiary/aromatic N) is 3. The van der Waals surface area contributed by atoms with Crippen molar-refractivity contribution < 1.29 is 23.4 Å². The first-order valence-electron chi connectivity index (χ1n) is 11.3. The van der Waals surface area contributed by atoms with Crippen LogP contribution in [-0.2, 0) is 23.6 Å². The van der Waals surface area contributed by atoms with E-state index in [-0.39, 0.29) is 11.6 Å². The molecule has 0 radical (unpaired) electrons. The summed E-state index contributed by atoms with van der Waals surface area (Å²) < 4.78 is 34.4. The van der Waals surface area contributed by atoms with Crippen LogP contribution in [0.2, 0.25) is 0 Å². The van der Waals surface area contributed by atoms with Crippen molar-refractivity contribution in [2.45, 2.75) is 71.4 Å². The number of carboxylic acid groups (broad SMARTS) is 1. The average molecular weight is 472 g/mol. The Balaban J connectivity index is 1.66. The summed E-state index contributed by atoms with van der Waals surface area (Å²) in [4.78, 5) is 15.9. The SMILES string of the molecule is CC(C)n1nc(-c2ccc(C(C)(F)F)cc2)nc1CCCc1ccc(OC(C)(C)C(=O)O)cc1. The first-order valence-corrected chi connectivity index (χ1v) is 11.3. The molecule has 3 aromatic rings. The van der Waals surface area contributed by atoms with Gasteiger partial charge in [0.25, 0.3) is 5.92 Å². The minimum atomic E-state index is -2.88. The molecule has 0 aliphatic heterocycles. The number of hydrogen-bond acceptors (Lipinski definition) is 4. The lowest BCUT2D eigenvalue weighted by atomic mass is 10.1. The highest BCUT2D eigenvalue weighted by Gasteiger charge is 2.29. The highest BCUT2D eigenvalue weighted by atomic mass is 19.3. The van der Waals surface area contributed by atoms with E-state index in [1.807, 2.05) is 30.7 Å². The van der Waals surface area contributed by atoms with E-state index in [2.05, 4.69) is 10.1 Å². The second kappa shape index (κ2) is 9.91. The minimum Gasteiger partial charge on any atom is -0.478 e. The number of carbonyl (C=O) groups is 1. The van der Waals surface area contributed by atoms with Crippen LogP contribution < -0.4 is 4.74 Å². The van der Waals surface area contributed by atoms with Crippen LogP contribution >= 0.6 is 0 Å². The predicted octanol–water partition coefficient (Wildman–Crippen LogP) is 6.06. The first kappa shape index (κ1) is 25.3. The summed E-state index contributed by atoms with van der Waals surface area (Å²) in [6, 6.07) is 13.6. The molecule has 0 saturated carbocycles. The Hall–Kier alpha value is -3.29. The maximum Gasteiger partial charge on any atom is 0.347 e. The number of aryl methyl sites for hydroxylation is 2. The summed E-state index contributed by atoms with van der Waals surface area (Å²) in [5, 5.41) is 13.8. The van der Waals surface area contributed by atoms with Gasteiger partial charge in [0, 0.05) is 30.5 Å².